The van der Waals surface area contributed by atoms with E-state index in [1.165, 1.54) is 22.5 Å². The Morgan fingerprint density at radius 1 is 0.963 bits per heavy atom. The third-order valence-corrected chi connectivity index (χ3v) is 5.99. The van der Waals surface area contributed by atoms with Gasteiger partial charge in [-0.15, -0.1) is 0 Å². The van der Waals surface area contributed by atoms with Crippen LogP contribution in [-0.2, 0) is 17.6 Å². The van der Waals surface area contributed by atoms with Gasteiger partial charge in [0.05, 0.1) is 5.92 Å². The highest BCUT2D eigenvalue weighted by atomic mass is 16.1. The van der Waals surface area contributed by atoms with Gasteiger partial charge in [0, 0.05) is 24.5 Å². The van der Waals surface area contributed by atoms with Crippen molar-refractivity contribution in [1.82, 2.24) is 4.90 Å². The Bertz CT molecular complexity index is 756. The van der Waals surface area contributed by atoms with E-state index in [0.29, 0.717) is 0 Å². The molecule has 1 amide bonds. The second-order valence-electron chi connectivity index (χ2n) is 7.80. The zero-order valence-electron chi connectivity index (χ0n) is 15.9. The van der Waals surface area contributed by atoms with Crippen LogP contribution in [0.15, 0.2) is 48.5 Å². The van der Waals surface area contributed by atoms with Crippen molar-refractivity contribution < 1.29 is 4.79 Å². The zero-order valence-corrected chi connectivity index (χ0v) is 15.9. The lowest BCUT2D eigenvalue weighted by atomic mass is 9.97. The van der Waals surface area contributed by atoms with Crippen LogP contribution in [0.3, 0.4) is 0 Å². The summed E-state index contributed by atoms with van der Waals surface area (Å²) in [6, 6.07) is 17.6. The van der Waals surface area contributed by atoms with Gasteiger partial charge in [0.25, 0.3) is 0 Å². The van der Waals surface area contributed by atoms with Crippen LogP contribution in [0.25, 0.3) is 0 Å². The number of hydrogen-bond acceptors (Lipinski definition) is 3. The number of fused-ring (bicyclic) bond motifs is 2. The Morgan fingerprint density at radius 2 is 1.59 bits per heavy atom. The molecule has 1 saturated heterocycles. The maximum atomic E-state index is 11.5. The van der Waals surface area contributed by atoms with Crippen LogP contribution in [0.1, 0.15) is 30.4 Å². The number of carbonyl (C=O) groups excluding carboxylic acids is 1. The zero-order chi connectivity index (χ0) is 18.6. The monoisotopic (exact) mass is 363 g/mol. The number of aryl methyl sites for hydroxylation is 2. The van der Waals surface area contributed by atoms with E-state index in [1.807, 2.05) is 0 Å². The van der Waals surface area contributed by atoms with Crippen molar-refractivity contribution in [1.29, 1.82) is 0 Å². The minimum absolute atomic E-state index is 0.0263. The lowest BCUT2D eigenvalue weighted by Crippen LogP contribution is -2.42. The fourth-order valence-corrected chi connectivity index (χ4v) is 4.55. The molecule has 0 aromatic heterocycles. The highest BCUT2D eigenvalue weighted by molar-refractivity contribution is 5.77. The summed E-state index contributed by atoms with van der Waals surface area (Å²) in [7, 11) is 0. The van der Waals surface area contributed by atoms with Gasteiger partial charge in [0.15, 0.2) is 0 Å². The molecule has 2 heterocycles. The first-order valence-corrected chi connectivity index (χ1v) is 10.2. The Kier molecular flexibility index (Phi) is 5.44. The fraction of sp³-hybridized carbons (Fsp3) is 0.435. The van der Waals surface area contributed by atoms with E-state index in [9.17, 15) is 4.79 Å². The van der Waals surface area contributed by atoms with Crippen LogP contribution in [0.5, 0.6) is 0 Å². The van der Waals surface area contributed by atoms with Gasteiger partial charge >= 0.3 is 0 Å². The summed E-state index contributed by atoms with van der Waals surface area (Å²) >= 11 is 0. The minimum atomic E-state index is -0.143. The van der Waals surface area contributed by atoms with Crippen molar-refractivity contribution in [2.75, 3.05) is 31.1 Å². The summed E-state index contributed by atoms with van der Waals surface area (Å²) < 4.78 is 0. The van der Waals surface area contributed by atoms with E-state index in [1.54, 1.807) is 0 Å². The molecular weight excluding hydrogens is 334 g/mol. The molecule has 2 N–H and O–H groups in total. The van der Waals surface area contributed by atoms with E-state index in [0.717, 1.165) is 58.3 Å². The molecule has 4 rings (SSSR count). The Labute approximate surface area is 162 Å². The molecule has 27 heavy (non-hydrogen) atoms. The lowest BCUT2D eigenvalue weighted by molar-refractivity contribution is -0.123. The second kappa shape index (κ2) is 8.13. The summed E-state index contributed by atoms with van der Waals surface area (Å²) in [5.74, 6) is -0.117. The molecule has 0 aliphatic carbocycles. The van der Waals surface area contributed by atoms with Gasteiger partial charge in [-0.1, -0.05) is 36.4 Å². The molecule has 0 bridgehead atoms. The van der Waals surface area contributed by atoms with Crippen molar-refractivity contribution in [3.63, 3.8) is 0 Å². The SMILES string of the molecule is NC(=O)C1CCCN(CCCN2c3ccccc3CCc3ccccc32)C1. The van der Waals surface area contributed by atoms with Gasteiger partial charge in [-0.25, -0.2) is 0 Å². The molecule has 4 nitrogen and oxygen atoms in total. The summed E-state index contributed by atoms with van der Waals surface area (Å²) in [5, 5.41) is 0. The van der Waals surface area contributed by atoms with E-state index >= 15 is 0 Å². The molecule has 2 aliphatic heterocycles. The van der Waals surface area contributed by atoms with Gasteiger partial charge < -0.3 is 15.5 Å². The minimum Gasteiger partial charge on any atom is -0.369 e. The molecule has 0 spiro atoms. The van der Waals surface area contributed by atoms with Crippen molar-refractivity contribution in [2.24, 2.45) is 11.7 Å². The summed E-state index contributed by atoms with van der Waals surface area (Å²) in [5.41, 5.74) is 11.1. The van der Waals surface area contributed by atoms with E-state index < -0.39 is 0 Å². The van der Waals surface area contributed by atoms with Gasteiger partial charge in [0.2, 0.25) is 5.91 Å². The molecule has 2 aromatic carbocycles. The molecule has 0 radical (unpaired) electrons. The number of nitrogens with zero attached hydrogens (tertiary/aromatic N) is 2. The second-order valence-corrected chi connectivity index (χ2v) is 7.80. The van der Waals surface area contributed by atoms with E-state index in [-0.39, 0.29) is 11.8 Å². The molecule has 4 heteroatoms. The van der Waals surface area contributed by atoms with Crippen LogP contribution in [0.4, 0.5) is 11.4 Å². The maximum Gasteiger partial charge on any atom is 0.221 e. The first kappa shape index (κ1) is 18.1. The van der Waals surface area contributed by atoms with Crippen molar-refractivity contribution in [2.45, 2.75) is 32.1 Å². The lowest BCUT2D eigenvalue weighted by Gasteiger charge is -2.32. The summed E-state index contributed by atoms with van der Waals surface area (Å²) in [4.78, 5) is 16.4. The number of rotatable bonds is 5. The highest BCUT2D eigenvalue weighted by Gasteiger charge is 2.24. The summed E-state index contributed by atoms with van der Waals surface area (Å²) in [6.45, 7) is 3.91. The third-order valence-electron chi connectivity index (χ3n) is 5.99. The molecule has 1 unspecified atom stereocenters. The molecule has 1 atom stereocenters. The molecule has 2 aliphatic rings. The van der Waals surface area contributed by atoms with Crippen molar-refractivity contribution in [3.05, 3.63) is 59.7 Å². The number of piperidine rings is 1. The third kappa shape index (κ3) is 4.01. The van der Waals surface area contributed by atoms with Gasteiger partial charge in [-0.05, 0) is 68.5 Å². The number of amides is 1. The van der Waals surface area contributed by atoms with Crippen LogP contribution >= 0.6 is 0 Å². The first-order valence-electron chi connectivity index (χ1n) is 10.2. The number of anilines is 2. The van der Waals surface area contributed by atoms with Crippen LogP contribution in [0.2, 0.25) is 0 Å². The van der Waals surface area contributed by atoms with E-state index in [4.69, 9.17) is 5.73 Å². The highest BCUT2D eigenvalue weighted by Crippen LogP contribution is 2.35. The Morgan fingerprint density at radius 3 is 2.22 bits per heavy atom. The predicted molar refractivity (Wildman–Crippen MR) is 110 cm³/mol. The molecular formula is C23H29N3O. The fourth-order valence-electron chi connectivity index (χ4n) is 4.55. The Balaban J connectivity index is 1.47. The molecule has 2 aromatic rings. The first-order chi connectivity index (χ1) is 13.2. The van der Waals surface area contributed by atoms with Gasteiger partial charge in [-0.2, -0.15) is 0 Å². The molecule has 1 fully saturated rings. The smallest absolute Gasteiger partial charge is 0.221 e. The number of benzene rings is 2. The summed E-state index contributed by atoms with van der Waals surface area (Å²) in [6.07, 6.45) is 5.28. The Hall–Kier alpha value is -2.33. The number of hydrogen-bond donors (Lipinski definition) is 1. The van der Waals surface area contributed by atoms with Crippen molar-refractivity contribution >= 4 is 17.3 Å². The molecule has 142 valence electrons. The normalized spacial score (nSPS) is 19.9. The quantitative estimate of drug-likeness (QED) is 0.884. The number of carbonyl (C=O) groups is 1. The van der Waals surface area contributed by atoms with Gasteiger partial charge in [-0.3, -0.25) is 4.79 Å². The van der Waals surface area contributed by atoms with Crippen molar-refractivity contribution in [3.8, 4) is 0 Å². The number of primary amides is 1. The van der Waals surface area contributed by atoms with E-state index in [2.05, 4.69) is 58.3 Å². The number of likely N-dealkylation sites (tertiary alicyclic amines) is 1. The predicted octanol–water partition coefficient (Wildman–Crippen LogP) is 3.51. The van der Waals surface area contributed by atoms with Crippen LogP contribution in [-0.4, -0.2) is 37.0 Å². The average Bonchev–Trinajstić information content (AvgIpc) is 2.86. The number of para-hydroxylation sites is 2. The maximum absolute atomic E-state index is 11.5. The van der Waals surface area contributed by atoms with Gasteiger partial charge in [0.1, 0.15) is 0 Å². The molecule has 0 saturated carbocycles. The average molecular weight is 364 g/mol. The number of nitrogens with two attached hydrogens (primary N) is 1. The largest absolute Gasteiger partial charge is 0.369 e. The van der Waals surface area contributed by atoms with Crippen LogP contribution in [0, 0.1) is 5.92 Å². The van der Waals surface area contributed by atoms with Crippen LogP contribution < -0.4 is 10.6 Å². The standard InChI is InChI=1S/C23H29N3O/c24-23(27)20-9-5-14-25(17-20)15-6-16-26-21-10-3-1-7-18(21)12-13-19-8-2-4-11-22(19)26/h1-4,7-8,10-11,20H,5-6,9,12-17H2,(H2,24,27). The topological polar surface area (TPSA) is 49.6 Å².